The second-order valence-electron chi connectivity index (χ2n) is 16.1. The molecule has 0 N–H and O–H groups in total. The van der Waals surface area contributed by atoms with Gasteiger partial charge < -0.3 is 9.47 Å². The first-order valence-electron chi connectivity index (χ1n) is 21.7. The molecule has 0 unspecified atom stereocenters. The highest BCUT2D eigenvalue weighted by Crippen LogP contribution is 2.43. The standard InChI is InChI=1S/C60H40N2S2/c1-4-14-43(15-5-1)57-35-36-59(63-57)45-25-31-50(32-26-45)62-55-33-27-46(39-52(55)53-40-47(28-34-56(53)62)60-38-37-58(64-60)44-16-6-2-7-17-44)41-23-29-49(30-24-41)61(48-19-8-3-9-20-48)54-22-12-18-42-13-10-11-21-51(42)54/h1-40H. The fourth-order valence-corrected chi connectivity index (χ4v) is 11.1. The molecule has 0 spiro atoms. The number of benzene rings is 9. The van der Waals surface area contributed by atoms with E-state index >= 15 is 0 Å². The average molecular weight is 853 g/mol. The molecule has 0 amide bonds. The minimum absolute atomic E-state index is 1.11. The first-order valence-corrected chi connectivity index (χ1v) is 23.3. The van der Waals surface area contributed by atoms with Gasteiger partial charge in [-0.25, -0.2) is 0 Å². The maximum Gasteiger partial charge on any atom is 0.0541 e. The lowest BCUT2D eigenvalue weighted by Gasteiger charge is -2.27. The van der Waals surface area contributed by atoms with Crippen molar-refractivity contribution < 1.29 is 0 Å². The summed E-state index contributed by atoms with van der Waals surface area (Å²) in [5, 5.41) is 4.91. The molecule has 0 aliphatic heterocycles. The highest BCUT2D eigenvalue weighted by molar-refractivity contribution is 7.19. The van der Waals surface area contributed by atoms with Crippen molar-refractivity contribution in [1.82, 2.24) is 4.57 Å². The molecule has 0 saturated heterocycles. The number of anilines is 3. The number of thiophene rings is 2. The number of fused-ring (bicyclic) bond motifs is 4. The fraction of sp³-hybridized carbons (Fsp3) is 0. The van der Waals surface area contributed by atoms with Crippen molar-refractivity contribution in [3.63, 3.8) is 0 Å². The number of para-hydroxylation sites is 1. The first kappa shape index (κ1) is 38.0. The average Bonchev–Trinajstić information content (AvgIpc) is 4.14. The van der Waals surface area contributed by atoms with Gasteiger partial charge in [0.1, 0.15) is 0 Å². The van der Waals surface area contributed by atoms with Crippen LogP contribution in [0.2, 0.25) is 0 Å². The van der Waals surface area contributed by atoms with E-state index in [1.807, 2.05) is 22.7 Å². The van der Waals surface area contributed by atoms with Gasteiger partial charge in [-0.15, -0.1) is 22.7 Å². The van der Waals surface area contributed by atoms with Gasteiger partial charge in [-0.1, -0.05) is 152 Å². The number of rotatable bonds is 9. The summed E-state index contributed by atoms with van der Waals surface area (Å²) in [6, 6.07) is 88.3. The predicted molar refractivity (Wildman–Crippen MR) is 276 cm³/mol. The molecule has 0 atom stereocenters. The molecule has 3 heterocycles. The van der Waals surface area contributed by atoms with E-state index in [9.17, 15) is 0 Å². The molecule has 9 aromatic carbocycles. The lowest BCUT2D eigenvalue weighted by Crippen LogP contribution is -2.10. The Kier molecular flexibility index (Phi) is 9.59. The molecule has 302 valence electrons. The third-order valence-corrected chi connectivity index (χ3v) is 14.6. The van der Waals surface area contributed by atoms with Gasteiger partial charge in [0, 0.05) is 52.7 Å². The molecule has 12 rings (SSSR count). The van der Waals surface area contributed by atoms with Crippen LogP contribution in [-0.4, -0.2) is 4.57 Å². The molecular formula is C60H40N2S2. The Balaban J connectivity index is 0.953. The summed E-state index contributed by atoms with van der Waals surface area (Å²) in [5.41, 5.74) is 14.2. The van der Waals surface area contributed by atoms with E-state index in [1.54, 1.807) is 0 Å². The molecule has 3 aromatic heterocycles. The van der Waals surface area contributed by atoms with Crippen molar-refractivity contribution in [2.45, 2.75) is 0 Å². The van der Waals surface area contributed by atoms with Crippen LogP contribution in [0.4, 0.5) is 17.1 Å². The lowest BCUT2D eigenvalue weighted by molar-refractivity contribution is 1.18. The summed E-state index contributed by atoms with van der Waals surface area (Å²) in [7, 11) is 0. The maximum absolute atomic E-state index is 2.43. The summed E-state index contributed by atoms with van der Waals surface area (Å²) in [4.78, 5) is 7.45. The van der Waals surface area contributed by atoms with Gasteiger partial charge in [-0.3, -0.25) is 0 Å². The topological polar surface area (TPSA) is 8.17 Å². The number of aromatic nitrogens is 1. The minimum atomic E-state index is 1.11. The Morgan fingerprint density at radius 3 is 1.38 bits per heavy atom. The summed E-state index contributed by atoms with van der Waals surface area (Å²) < 4.78 is 2.43. The third kappa shape index (κ3) is 6.90. The van der Waals surface area contributed by atoms with Gasteiger partial charge >= 0.3 is 0 Å². The van der Waals surface area contributed by atoms with Crippen molar-refractivity contribution in [3.8, 4) is 58.6 Å². The quantitative estimate of drug-likeness (QED) is 0.140. The van der Waals surface area contributed by atoms with Crippen LogP contribution in [-0.2, 0) is 0 Å². The van der Waals surface area contributed by atoms with Crippen LogP contribution < -0.4 is 4.90 Å². The van der Waals surface area contributed by atoms with Crippen LogP contribution in [0.1, 0.15) is 0 Å². The molecule has 12 aromatic rings. The molecule has 0 aliphatic carbocycles. The summed E-state index contributed by atoms with van der Waals surface area (Å²) in [6.07, 6.45) is 0. The summed E-state index contributed by atoms with van der Waals surface area (Å²) in [6.45, 7) is 0. The summed E-state index contributed by atoms with van der Waals surface area (Å²) in [5.74, 6) is 0. The largest absolute Gasteiger partial charge is 0.310 e. The molecule has 4 heteroatoms. The molecular weight excluding hydrogens is 813 g/mol. The van der Waals surface area contributed by atoms with Gasteiger partial charge in [-0.05, 0) is 130 Å². The van der Waals surface area contributed by atoms with Gasteiger partial charge in [0.05, 0.1) is 16.7 Å². The fourth-order valence-electron chi connectivity index (χ4n) is 9.12. The molecule has 2 nitrogen and oxygen atoms in total. The predicted octanol–water partition coefficient (Wildman–Crippen LogP) is 17.9. The zero-order valence-electron chi connectivity index (χ0n) is 34.8. The molecule has 0 aliphatic rings. The lowest BCUT2D eigenvalue weighted by atomic mass is 10.0. The van der Waals surface area contributed by atoms with Gasteiger partial charge in [0.2, 0.25) is 0 Å². The third-order valence-electron chi connectivity index (χ3n) is 12.3. The van der Waals surface area contributed by atoms with Crippen LogP contribution in [0, 0.1) is 0 Å². The van der Waals surface area contributed by atoms with Crippen molar-refractivity contribution in [1.29, 1.82) is 0 Å². The smallest absolute Gasteiger partial charge is 0.0541 e. The van der Waals surface area contributed by atoms with Crippen LogP contribution in [0.5, 0.6) is 0 Å². The zero-order chi connectivity index (χ0) is 42.4. The van der Waals surface area contributed by atoms with Gasteiger partial charge in [-0.2, -0.15) is 0 Å². The second-order valence-corrected chi connectivity index (χ2v) is 18.3. The normalized spacial score (nSPS) is 11.4. The number of hydrogen-bond donors (Lipinski definition) is 0. The van der Waals surface area contributed by atoms with Gasteiger partial charge in [0.25, 0.3) is 0 Å². The second kappa shape index (κ2) is 16.2. The van der Waals surface area contributed by atoms with Crippen LogP contribution >= 0.6 is 22.7 Å². The van der Waals surface area contributed by atoms with E-state index in [0.717, 1.165) is 22.7 Å². The highest BCUT2D eigenvalue weighted by atomic mass is 32.1. The number of hydrogen-bond acceptors (Lipinski definition) is 3. The monoisotopic (exact) mass is 852 g/mol. The van der Waals surface area contributed by atoms with Crippen LogP contribution in [0.15, 0.2) is 243 Å². The van der Waals surface area contributed by atoms with E-state index in [0.29, 0.717) is 0 Å². The Morgan fingerprint density at radius 1 is 0.297 bits per heavy atom. The van der Waals surface area contributed by atoms with E-state index in [2.05, 4.69) is 252 Å². The van der Waals surface area contributed by atoms with E-state index in [-0.39, 0.29) is 0 Å². The Hall–Kier alpha value is -7.76. The molecule has 0 bridgehead atoms. The molecule has 0 saturated carbocycles. The van der Waals surface area contributed by atoms with E-state index in [1.165, 1.54) is 85.5 Å². The Morgan fingerprint density at radius 2 is 0.750 bits per heavy atom. The Bertz CT molecular complexity index is 3580. The molecule has 0 fully saturated rings. The van der Waals surface area contributed by atoms with Crippen LogP contribution in [0.25, 0.3) is 91.2 Å². The van der Waals surface area contributed by atoms with E-state index in [4.69, 9.17) is 0 Å². The minimum Gasteiger partial charge on any atom is -0.310 e. The van der Waals surface area contributed by atoms with Crippen molar-refractivity contribution in [2.24, 2.45) is 0 Å². The number of nitrogens with zero attached hydrogens (tertiary/aromatic N) is 2. The molecule has 64 heavy (non-hydrogen) atoms. The Labute approximate surface area is 380 Å². The van der Waals surface area contributed by atoms with Crippen molar-refractivity contribution in [2.75, 3.05) is 4.90 Å². The van der Waals surface area contributed by atoms with Crippen molar-refractivity contribution >= 4 is 72.3 Å². The SMILES string of the molecule is c1ccc(-c2ccc(-c3ccc(-n4c5ccc(-c6ccc(N(c7ccccc7)c7cccc8ccccc78)cc6)cc5c5cc(-c6ccc(-c7ccccc7)s6)ccc54)cc3)s2)cc1. The molecule has 0 radical (unpaired) electrons. The van der Waals surface area contributed by atoms with Crippen molar-refractivity contribution in [3.05, 3.63) is 243 Å². The maximum atomic E-state index is 2.43. The highest BCUT2D eigenvalue weighted by Gasteiger charge is 2.18. The van der Waals surface area contributed by atoms with E-state index < -0.39 is 0 Å². The van der Waals surface area contributed by atoms with Crippen LogP contribution in [0.3, 0.4) is 0 Å². The van der Waals surface area contributed by atoms with Gasteiger partial charge in [0.15, 0.2) is 0 Å². The summed E-state index contributed by atoms with van der Waals surface area (Å²) >= 11 is 3.69. The first-order chi connectivity index (χ1) is 31.7. The zero-order valence-corrected chi connectivity index (χ0v) is 36.4.